The van der Waals surface area contributed by atoms with Gasteiger partial charge in [0.1, 0.15) is 18.1 Å². The monoisotopic (exact) mass is 601 g/mol. The van der Waals surface area contributed by atoms with Crippen molar-refractivity contribution in [3.8, 4) is 11.5 Å². The lowest BCUT2D eigenvalue weighted by molar-refractivity contribution is -0.113. The minimum atomic E-state index is -0.632. The topological polar surface area (TPSA) is 81.9 Å². The highest BCUT2D eigenvalue weighted by Gasteiger charge is 2.32. The van der Waals surface area contributed by atoms with Gasteiger partial charge in [0, 0.05) is 11.3 Å². The van der Waals surface area contributed by atoms with Gasteiger partial charge >= 0.3 is 0 Å². The Hall–Kier alpha value is -5.21. The SMILES string of the molecule is COc1ccc(C=c2sc3n(c2=O)[C@H](c2ccccc2)C(C(=O)Nc2ccccc2)=C(C)N=3)cc1COc1ccccc1C. The molecule has 4 aromatic carbocycles. The van der Waals surface area contributed by atoms with Crippen molar-refractivity contribution in [2.75, 3.05) is 12.4 Å². The van der Waals surface area contributed by atoms with Gasteiger partial charge in [-0.15, -0.1) is 0 Å². The van der Waals surface area contributed by atoms with Crippen LogP contribution in [0.15, 0.2) is 124 Å². The lowest BCUT2D eigenvalue weighted by Crippen LogP contribution is -2.40. The lowest BCUT2D eigenvalue weighted by atomic mass is 9.95. The van der Waals surface area contributed by atoms with Gasteiger partial charge in [0.2, 0.25) is 0 Å². The molecule has 8 heteroatoms. The van der Waals surface area contributed by atoms with Crippen LogP contribution in [0.3, 0.4) is 0 Å². The Morgan fingerprint density at radius 2 is 1.64 bits per heavy atom. The zero-order chi connectivity index (χ0) is 30.6. The predicted octanol–water partition coefficient (Wildman–Crippen LogP) is 5.77. The van der Waals surface area contributed by atoms with Crippen molar-refractivity contribution in [1.82, 2.24) is 4.57 Å². The zero-order valence-electron chi connectivity index (χ0n) is 24.6. The molecule has 1 aromatic heterocycles. The highest BCUT2D eigenvalue weighted by atomic mass is 32.1. The van der Waals surface area contributed by atoms with Crippen molar-refractivity contribution in [3.63, 3.8) is 0 Å². The molecule has 5 aromatic rings. The Bertz CT molecular complexity index is 2050. The summed E-state index contributed by atoms with van der Waals surface area (Å²) in [6.07, 6.45) is 1.85. The number of aryl methyl sites for hydroxylation is 1. The Kier molecular flexibility index (Phi) is 8.25. The van der Waals surface area contributed by atoms with Gasteiger partial charge in [0.25, 0.3) is 11.5 Å². The minimum Gasteiger partial charge on any atom is -0.496 e. The number of thiazole rings is 1. The van der Waals surface area contributed by atoms with E-state index in [1.54, 1.807) is 11.7 Å². The fourth-order valence-electron chi connectivity index (χ4n) is 5.31. The van der Waals surface area contributed by atoms with Gasteiger partial charge < -0.3 is 14.8 Å². The van der Waals surface area contributed by atoms with Crippen LogP contribution in [0.5, 0.6) is 11.5 Å². The number of aromatic nitrogens is 1. The molecule has 220 valence electrons. The number of para-hydroxylation sites is 2. The van der Waals surface area contributed by atoms with Gasteiger partial charge in [-0.3, -0.25) is 14.2 Å². The van der Waals surface area contributed by atoms with E-state index in [4.69, 9.17) is 14.5 Å². The number of nitrogens with zero attached hydrogens (tertiary/aromatic N) is 2. The van der Waals surface area contributed by atoms with Crippen molar-refractivity contribution >= 4 is 29.0 Å². The Morgan fingerprint density at radius 3 is 2.36 bits per heavy atom. The number of ether oxygens (including phenoxy) is 2. The van der Waals surface area contributed by atoms with Crippen LogP contribution in [0.4, 0.5) is 5.69 Å². The molecule has 1 atom stereocenters. The number of fused-ring (bicyclic) bond motifs is 1. The molecule has 7 nitrogen and oxygen atoms in total. The number of benzene rings is 4. The van der Waals surface area contributed by atoms with Crippen molar-refractivity contribution in [2.45, 2.75) is 26.5 Å². The average molecular weight is 602 g/mol. The number of allylic oxidation sites excluding steroid dienone is 1. The third-order valence-electron chi connectivity index (χ3n) is 7.49. The number of methoxy groups -OCH3 is 1. The lowest BCUT2D eigenvalue weighted by Gasteiger charge is -2.25. The molecule has 1 aliphatic rings. The minimum absolute atomic E-state index is 0.214. The summed E-state index contributed by atoms with van der Waals surface area (Å²) < 4.78 is 13.8. The molecule has 0 saturated carbocycles. The largest absolute Gasteiger partial charge is 0.496 e. The summed E-state index contributed by atoms with van der Waals surface area (Å²) in [5.74, 6) is 1.21. The third-order valence-corrected chi connectivity index (χ3v) is 8.48. The van der Waals surface area contributed by atoms with Crippen molar-refractivity contribution < 1.29 is 14.3 Å². The van der Waals surface area contributed by atoms with Crippen molar-refractivity contribution in [1.29, 1.82) is 0 Å². The first kappa shape index (κ1) is 28.9. The maximum absolute atomic E-state index is 14.1. The molecule has 1 N–H and O–H groups in total. The first-order valence-electron chi connectivity index (χ1n) is 14.2. The highest BCUT2D eigenvalue weighted by Crippen LogP contribution is 2.31. The molecule has 44 heavy (non-hydrogen) atoms. The summed E-state index contributed by atoms with van der Waals surface area (Å²) in [5.41, 5.74) is 5.01. The van der Waals surface area contributed by atoms with E-state index in [2.05, 4.69) is 5.32 Å². The second kappa shape index (κ2) is 12.6. The first-order valence-corrected chi connectivity index (χ1v) is 15.0. The maximum Gasteiger partial charge on any atom is 0.271 e. The van der Waals surface area contributed by atoms with E-state index in [9.17, 15) is 9.59 Å². The molecule has 0 bridgehead atoms. The second-order valence-electron chi connectivity index (χ2n) is 10.4. The molecule has 0 aliphatic carbocycles. The van der Waals surface area contributed by atoms with Crippen LogP contribution in [0.25, 0.3) is 6.08 Å². The molecular formula is C36H31N3O4S. The summed E-state index contributed by atoms with van der Waals surface area (Å²) in [4.78, 5) is 33.0. The molecule has 0 saturated heterocycles. The number of amides is 1. The van der Waals surface area contributed by atoms with Crippen LogP contribution in [0.1, 0.15) is 35.2 Å². The van der Waals surface area contributed by atoms with E-state index in [-0.39, 0.29) is 11.5 Å². The van der Waals surface area contributed by atoms with E-state index in [0.717, 1.165) is 28.0 Å². The molecule has 6 rings (SSSR count). The van der Waals surface area contributed by atoms with E-state index in [1.165, 1.54) is 11.3 Å². The van der Waals surface area contributed by atoms with E-state index < -0.39 is 6.04 Å². The highest BCUT2D eigenvalue weighted by molar-refractivity contribution is 7.07. The molecular weight excluding hydrogens is 570 g/mol. The van der Waals surface area contributed by atoms with Crippen molar-refractivity contribution in [2.24, 2.45) is 4.99 Å². The molecule has 1 aliphatic heterocycles. The van der Waals surface area contributed by atoms with Gasteiger partial charge in [-0.2, -0.15) is 0 Å². The van der Waals surface area contributed by atoms with Crippen LogP contribution >= 0.6 is 11.3 Å². The molecule has 1 amide bonds. The number of hydrogen-bond acceptors (Lipinski definition) is 6. The smallest absolute Gasteiger partial charge is 0.271 e. The molecule has 0 spiro atoms. The molecule has 0 radical (unpaired) electrons. The molecule has 2 heterocycles. The third kappa shape index (κ3) is 5.85. The fraction of sp³-hybridized carbons (Fsp3) is 0.139. The number of nitrogens with one attached hydrogen (secondary N) is 1. The average Bonchev–Trinajstić information content (AvgIpc) is 3.34. The fourth-order valence-corrected chi connectivity index (χ4v) is 6.36. The van der Waals surface area contributed by atoms with Crippen LogP contribution in [0.2, 0.25) is 0 Å². The van der Waals surface area contributed by atoms with Crippen LogP contribution in [-0.2, 0) is 11.4 Å². The first-order chi connectivity index (χ1) is 21.4. The summed E-state index contributed by atoms with van der Waals surface area (Å²) >= 11 is 1.30. The summed E-state index contributed by atoms with van der Waals surface area (Å²) in [6, 6.07) is 31.8. The Morgan fingerprint density at radius 1 is 0.932 bits per heavy atom. The summed E-state index contributed by atoms with van der Waals surface area (Å²) in [5, 5.41) is 2.98. The van der Waals surface area contributed by atoms with E-state index >= 15 is 0 Å². The number of carbonyl (C=O) groups is 1. The number of rotatable bonds is 8. The van der Waals surface area contributed by atoms with E-state index in [1.807, 2.05) is 123 Å². The van der Waals surface area contributed by atoms with Gasteiger partial charge in [0.15, 0.2) is 4.80 Å². The van der Waals surface area contributed by atoms with Crippen LogP contribution in [0, 0.1) is 6.92 Å². The van der Waals surface area contributed by atoms with Gasteiger partial charge in [-0.1, -0.05) is 84.1 Å². The maximum atomic E-state index is 14.1. The number of carbonyl (C=O) groups excluding carboxylic acids is 1. The summed E-state index contributed by atoms with van der Waals surface area (Å²) in [6.45, 7) is 4.13. The second-order valence-corrected chi connectivity index (χ2v) is 11.4. The molecule has 0 fully saturated rings. The number of anilines is 1. The van der Waals surface area contributed by atoms with E-state index in [0.29, 0.717) is 38.6 Å². The predicted molar refractivity (Wildman–Crippen MR) is 174 cm³/mol. The van der Waals surface area contributed by atoms with Gasteiger partial charge in [-0.05, 0) is 66.9 Å². The van der Waals surface area contributed by atoms with Crippen LogP contribution < -0.4 is 29.7 Å². The standard InChI is InChI=1S/C36H31N3O4S/c1-23-12-10-11-17-29(23)43-22-27-20-25(18-19-30(27)42-3)21-31-35(41)39-33(26-13-6-4-7-14-26)32(24(2)37-36(39)44-31)34(40)38-28-15-8-5-9-16-28/h4-21,33H,22H2,1-3H3,(H,38,40)/t33-/m1/s1. The van der Waals surface area contributed by atoms with Gasteiger partial charge in [-0.25, -0.2) is 4.99 Å². The van der Waals surface area contributed by atoms with Crippen LogP contribution in [-0.4, -0.2) is 17.6 Å². The Labute approximate surface area is 259 Å². The normalized spacial score (nSPS) is 14.5. The Balaban J connectivity index is 1.40. The summed E-state index contributed by atoms with van der Waals surface area (Å²) in [7, 11) is 1.63. The van der Waals surface area contributed by atoms with Crippen molar-refractivity contribution in [3.05, 3.63) is 156 Å². The molecule has 0 unspecified atom stereocenters. The zero-order valence-corrected chi connectivity index (χ0v) is 25.4. The number of hydrogen-bond donors (Lipinski definition) is 1. The quantitative estimate of drug-likeness (QED) is 0.245. The van der Waals surface area contributed by atoms with Gasteiger partial charge in [0.05, 0.1) is 29.0 Å².